The summed E-state index contributed by atoms with van der Waals surface area (Å²) in [6, 6.07) is 8.54. The van der Waals surface area contributed by atoms with Crippen molar-refractivity contribution in [3.8, 4) is 0 Å². The number of fused-ring (bicyclic) bond motifs is 1. The van der Waals surface area contributed by atoms with Crippen molar-refractivity contribution in [1.82, 2.24) is 10.3 Å². The Morgan fingerprint density at radius 2 is 2.08 bits per heavy atom. The largest absolute Gasteiger partial charge is 0.349 e. The number of para-hydroxylation sites is 1. The van der Waals surface area contributed by atoms with Crippen molar-refractivity contribution >= 4 is 47.0 Å². The Bertz CT molecular complexity index is 718. The number of aromatic nitrogens is 1. The standard InChI is InChI=1S/C18H24N4S.HI/c1-18(2,3)15-12-23-16(21-15)11-20-17(19-4)22-10-9-13-7-5-6-8-14(13)22;/h5-8,12H,9-11H2,1-4H3,(H,19,20);1H. The van der Waals surface area contributed by atoms with E-state index in [0.29, 0.717) is 6.54 Å². The number of hydrogen-bond acceptors (Lipinski definition) is 3. The summed E-state index contributed by atoms with van der Waals surface area (Å²) in [5, 5.41) is 6.72. The molecule has 0 radical (unpaired) electrons. The molecule has 1 aromatic carbocycles. The molecule has 1 N–H and O–H groups in total. The molecule has 3 rings (SSSR count). The maximum absolute atomic E-state index is 4.74. The summed E-state index contributed by atoms with van der Waals surface area (Å²) in [5.74, 6) is 0.919. The van der Waals surface area contributed by atoms with Crippen LogP contribution in [0.25, 0.3) is 0 Å². The van der Waals surface area contributed by atoms with Crippen LogP contribution in [0.2, 0.25) is 0 Å². The molecule has 1 aliphatic rings. The van der Waals surface area contributed by atoms with E-state index < -0.39 is 0 Å². The highest BCUT2D eigenvalue weighted by atomic mass is 127. The van der Waals surface area contributed by atoms with Gasteiger partial charge < -0.3 is 10.2 Å². The topological polar surface area (TPSA) is 40.5 Å². The third-order valence-electron chi connectivity index (χ3n) is 4.07. The van der Waals surface area contributed by atoms with Gasteiger partial charge >= 0.3 is 0 Å². The Hall–Kier alpha value is -1.15. The van der Waals surface area contributed by atoms with Gasteiger partial charge in [0.1, 0.15) is 5.01 Å². The lowest BCUT2D eigenvalue weighted by molar-refractivity contribution is 0.570. The van der Waals surface area contributed by atoms with Crippen LogP contribution in [0, 0.1) is 0 Å². The molecule has 0 saturated carbocycles. The fourth-order valence-corrected chi connectivity index (χ4v) is 3.71. The van der Waals surface area contributed by atoms with Crippen molar-refractivity contribution in [2.45, 2.75) is 39.2 Å². The van der Waals surface area contributed by atoms with Crippen molar-refractivity contribution < 1.29 is 0 Å². The Morgan fingerprint density at radius 3 is 2.75 bits per heavy atom. The number of anilines is 1. The number of thiazole rings is 1. The SMILES string of the molecule is CN=C(NCc1nc(C(C)(C)C)cs1)N1CCc2ccccc21.I. The number of benzene rings is 1. The van der Waals surface area contributed by atoms with Gasteiger partial charge in [-0.1, -0.05) is 39.0 Å². The summed E-state index contributed by atoms with van der Waals surface area (Å²) in [7, 11) is 1.84. The van der Waals surface area contributed by atoms with Gasteiger partial charge in [-0.15, -0.1) is 35.3 Å². The van der Waals surface area contributed by atoms with Crippen LogP contribution in [-0.4, -0.2) is 24.5 Å². The maximum Gasteiger partial charge on any atom is 0.198 e. The highest BCUT2D eigenvalue weighted by Crippen LogP contribution is 2.27. The van der Waals surface area contributed by atoms with Gasteiger partial charge in [0, 0.05) is 30.1 Å². The zero-order valence-corrected chi connectivity index (χ0v) is 17.8. The minimum absolute atomic E-state index is 0. The number of rotatable bonds is 2. The molecule has 0 fully saturated rings. The van der Waals surface area contributed by atoms with Crippen molar-refractivity contribution in [2.24, 2.45) is 4.99 Å². The zero-order valence-electron chi connectivity index (χ0n) is 14.7. The molecule has 0 aliphatic carbocycles. The lowest BCUT2D eigenvalue weighted by Crippen LogP contribution is -2.40. The molecule has 0 unspecified atom stereocenters. The first kappa shape index (κ1) is 19.2. The van der Waals surface area contributed by atoms with Crippen LogP contribution < -0.4 is 10.2 Å². The Kier molecular flexibility index (Phi) is 6.25. The second-order valence-corrected chi connectivity index (χ2v) is 7.75. The van der Waals surface area contributed by atoms with Crippen molar-refractivity contribution in [3.05, 3.63) is 45.9 Å². The molecule has 0 atom stereocenters. The summed E-state index contributed by atoms with van der Waals surface area (Å²) in [5.41, 5.74) is 3.90. The molecule has 0 amide bonds. The van der Waals surface area contributed by atoms with Crippen LogP contribution in [0.5, 0.6) is 0 Å². The van der Waals surface area contributed by atoms with Crippen molar-refractivity contribution in [2.75, 3.05) is 18.5 Å². The van der Waals surface area contributed by atoms with Gasteiger partial charge in [0.2, 0.25) is 0 Å². The molecular weight excluding hydrogens is 431 g/mol. The third-order valence-corrected chi connectivity index (χ3v) is 4.92. The summed E-state index contributed by atoms with van der Waals surface area (Å²) >= 11 is 1.71. The summed E-state index contributed by atoms with van der Waals surface area (Å²) in [6.07, 6.45) is 1.07. The molecule has 6 heteroatoms. The Morgan fingerprint density at radius 1 is 1.33 bits per heavy atom. The molecule has 130 valence electrons. The smallest absolute Gasteiger partial charge is 0.198 e. The molecule has 24 heavy (non-hydrogen) atoms. The zero-order chi connectivity index (χ0) is 16.4. The Balaban J connectivity index is 0.00000208. The fraction of sp³-hybridized carbons (Fsp3) is 0.444. The molecule has 1 aromatic heterocycles. The monoisotopic (exact) mass is 456 g/mol. The molecular formula is C18H25IN4S. The van der Waals surface area contributed by atoms with Gasteiger partial charge in [-0.2, -0.15) is 0 Å². The molecule has 0 spiro atoms. The third kappa shape index (κ3) is 4.08. The van der Waals surface area contributed by atoms with E-state index in [1.165, 1.54) is 11.3 Å². The van der Waals surface area contributed by atoms with E-state index in [9.17, 15) is 0 Å². The molecule has 0 saturated heterocycles. The predicted molar refractivity (Wildman–Crippen MR) is 114 cm³/mol. The van der Waals surface area contributed by atoms with Crippen LogP contribution in [0.15, 0.2) is 34.6 Å². The van der Waals surface area contributed by atoms with Crippen LogP contribution >= 0.6 is 35.3 Å². The van der Waals surface area contributed by atoms with Crippen LogP contribution in [-0.2, 0) is 18.4 Å². The molecule has 4 nitrogen and oxygen atoms in total. The second-order valence-electron chi connectivity index (χ2n) is 6.81. The maximum atomic E-state index is 4.74. The predicted octanol–water partition coefficient (Wildman–Crippen LogP) is 4.20. The molecule has 1 aliphatic heterocycles. The fourth-order valence-electron chi connectivity index (χ4n) is 2.74. The van der Waals surface area contributed by atoms with E-state index >= 15 is 0 Å². The van der Waals surface area contributed by atoms with Gasteiger partial charge in [0.25, 0.3) is 0 Å². The summed E-state index contributed by atoms with van der Waals surface area (Å²) in [6.45, 7) is 8.27. The number of guanidine groups is 1. The first-order chi connectivity index (χ1) is 11.0. The van der Waals surface area contributed by atoms with E-state index in [4.69, 9.17) is 4.98 Å². The highest BCUT2D eigenvalue weighted by molar-refractivity contribution is 14.0. The highest BCUT2D eigenvalue weighted by Gasteiger charge is 2.23. The van der Waals surface area contributed by atoms with E-state index in [-0.39, 0.29) is 29.4 Å². The second kappa shape index (κ2) is 7.82. The van der Waals surface area contributed by atoms with Gasteiger partial charge in [-0.3, -0.25) is 4.99 Å². The number of aliphatic imine (C=N–C) groups is 1. The summed E-state index contributed by atoms with van der Waals surface area (Å²) < 4.78 is 0. The first-order valence-electron chi connectivity index (χ1n) is 8.00. The molecule has 0 bridgehead atoms. The van der Waals surface area contributed by atoms with E-state index in [2.05, 4.69) is 65.6 Å². The van der Waals surface area contributed by atoms with E-state index in [1.807, 2.05) is 7.05 Å². The Labute approximate surface area is 165 Å². The minimum atomic E-state index is 0. The normalized spacial score (nSPS) is 14.3. The van der Waals surface area contributed by atoms with Gasteiger partial charge in [-0.25, -0.2) is 4.98 Å². The lowest BCUT2D eigenvalue weighted by atomic mass is 9.93. The number of hydrogen-bond donors (Lipinski definition) is 1. The van der Waals surface area contributed by atoms with Gasteiger partial charge in [0.05, 0.1) is 12.2 Å². The van der Waals surface area contributed by atoms with Gasteiger partial charge in [0.15, 0.2) is 5.96 Å². The molecule has 2 heterocycles. The van der Waals surface area contributed by atoms with Crippen LogP contribution in [0.1, 0.15) is 37.0 Å². The van der Waals surface area contributed by atoms with Gasteiger partial charge in [-0.05, 0) is 18.1 Å². The van der Waals surface area contributed by atoms with Crippen molar-refractivity contribution in [1.29, 1.82) is 0 Å². The first-order valence-corrected chi connectivity index (χ1v) is 8.88. The quantitative estimate of drug-likeness (QED) is 0.419. The average Bonchev–Trinajstić information content (AvgIpc) is 3.15. The lowest BCUT2D eigenvalue weighted by Gasteiger charge is -2.22. The van der Waals surface area contributed by atoms with E-state index in [0.717, 1.165) is 29.6 Å². The summed E-state index contributed by atoms with van der Waals surface area (Å²) in [4.78, 5) is 11.4. The average molecular weight is 456 g/mol. The molecule has 2 aromatic rings. The minimum Gasteiger partial charge on any atom is -0.349 e. The van der Waals surface area contributed by atoms with Crippen molar-refractivity contribution in [3.63, 3.8) is 0 Å². The number of halogens is 1. The number of nitrogens with zero attached hydrogens (tertiary/aromatic N) is 3. The van der Waals surface area contributed by atoms with Crippen LogP contribution in [0.4, 0.5) is 5.69 Å². The van der Waals surface area contributed by atoms with E-state index in [1.54, 1.807) is 11.3 Å². The number of nitrogens with one attached hydrogen (secondary N) is 1. The van der Waals surface area contributed by atoms with Crippen LogP contribution in [0.3, 0.4) is 0 Å².